The highest BCUT2D eigenvalue weighted by molar-refractivity contribution is 9.10. The van der Waals surface area contributed by atoms with Crippen LogP contribution in [0.2, 0.25) is 0 Å². The Morgan fingerprint density at radius 1 is 1.20 bits per heavy atom. The third kappa shape index (κ3) is 4.28. The van der Waals surface area contributed by atoms with Crippen molar-refractivity contribution in [1.82, 2.24) is 0 Å². The molecule has 3 nitrogen and oxygen atoms in total. The van der Waals surface area contributed by atoms with Crippen molar-refractivity contribution in [2.24, 2.45) is 10.7 Å². The Kier molecular flexibility index (Phi) is 5.49. The maximum Gasteiger partial charge on any atom is 0.159 e. The number of rotatable bonds is 4. The molecule has 0 amide bonds. The Bertz CT molecular complexity index is 599. The van der Waals surface area contributed by atoms with Gasteiger partial charge in [-0.15, -0.1) is 0 Å². The first-order valence-corrected chi connectivity index (χ1v) is 7.81. The van der Waals surface area contributed by atoms with Crippen LogP contribution in [-0.4, -0.2) is 12.3 Å². The predicted octanol–water partition coefficient (Wildman–Crippen LogP) is 4.34. The summed E-state index contributed by atoms with van der Waals surface area (Å²) < 4.78 is 6.19. The van der Waals surface area contributed by atoms with Gasteiger partial charge in [0.1, 0.15) is 5.75 Å². The van der Waals surface area contributed by atoms with E-state index in [4.69, 9.17) is 10.5 Å². The molecule has 104 valence electrons. The van der Waals surface area contributed by atoms with Gasteiger partial charge in [-0.05, 0) is 35.9 Å². The van der Waals surface area contributed by atoms with Crippen molar-refractivity contribution in [2.75, 3.05) is 7.11 Å². The number of halogens is 1. The van der Waals surface area contributed by atoms with Gasteiger partial charge in [0.25, 0.3) is 0 Å². The van der Waals surface area contributed by atoms with E-state index in [0.717, 1.165) is 21.7 Å². The number of hydrogen-bond donors (Lipinski definition) is 1. The minimum absolute atomic E-state index is 0.547. The first-order chi connectivity index (χ1) is 9.69. The Morgan fingerprint density at radius 3 is 2.55 bits per heavy atom. The third-order valence-electron chi connectivity index (χ3n) is 2.65. The zero-order chi connectivity index (χ0) is 14.4. The Hall–Kier alpha value is -1.46. The van der Waals surface area contributed by atoms with Gasteiger partial charge in [-0.25, -0.2) is 4.99 Å². The van der Waals surface area contributed by atoms with Crippen molar-refractivity contribution in [2.45, 2.75) is 5.75 Å². The summed E-state index contributed by atoms with van der Waals surface area (Å²) in [6, 6.07) is 15.6. The van der Waals surface area contributed by atoms with Gasteiger partial charge in [-0.2, -0.15) is 0 Å². The van der Waals surface area contributed by atoms with Crippen LogP contribution in [0, 0.1) is 0 Å². The number of aliphatic imine (C=N–C) groups is 1. The number of hydrogen-bond acceptors (Lipinski definition) is 3. The van der Waals surface area contributed by atoms with Crippen LogP contribution in [0.1, 0.15) is 5.56 Å². The van der Waals surface area contributed by atoms with Gasteiger partial charge in [0, 0.05) is 10.2 Å². The number of nitrogens with two attached hydrogens (primary N) is 1. The van der Waals surface area contributed by atoms with E-state index in [2.05, 4.69) is 27.0 Å². The summed E-state index contributed by atoms with van der Waals surface area (Å²) in [6.45, 7) is 0. The zero-order valence-electron chi connectivity index (χ0n) is 11.0. The molecule has 0 spiro atoms. The summed E-state index contributed by atoms with van der Waals surface area (Å²) in [5.41, 5.74) is 7.96. The van der Waals surface area contributed by atoms with Gasteiger partial charge in [-0.1, -0.05) is 45.9 Å². The molecule has 20 heavy (non-hydrogen) atoms. The van der Waals surface area contributed by atoms with Crippen molar-refractivity contribution < 1.29 is 4.74 Å². The van der Waals surface area contributed by atoms with Gasteiger partial charge in [0.2, 0.25) is 0 Å². The molecule has 0 saturated carbocycles. The van der Waals surface area contributed by atoms with Crippen LogP contribution >= 0.6 is 27.7 Å². The summed E-state index contributed by atoms with van der Waals surface area (Å²) >= 11 is 5.04. The first kappa shape index (κ1) is 14.9. The van der Waals surface area contributed by atoms with E-state index < -0.39 is 0 Å². The van der Waals surface area contributed by atoms with Crippen LogP contribution in [-0.2, 0) is 5.75 Å². The lowest BCUT2D eigenvalue weighted by Crippen LogP contribution is -2.06. The SMILES string of the molecule is COc1ccc(N=C(N)SCc2ccccc2Br)cc1. The summed E-state index contributed by atoms with van der Waals surface area (Å²) in [5.74, 6) is 1.59. The first-order valence-electron chi connectivity index (χ1n) is 6.03. The van der Waals surface area contributed by atoms with Crippen molar-refractivity contribution in [1.29, 1.82) is 0 Å². The van der Waals surface area contributed by atoms with E-state index in [-0.39, 0.29) is 0 Å². The average Bonchev–Trinajstić information content (AvgIpc) is 2.47. The number of benzene rings is 2. The number of amidine groups is 1. The highest BCUT2D eigenvalue weighted by Crippen LogP contribution is 2.23. The lowest BCUT2D eigenvalue weighted by atomic mass is 10.2. The van der Waals surface area contributed by atoms with Crippen LogP contribution in [0.3, 0.4) is 0 Å². The monoisotopic (exact) mass is 350 g/mol. The minimum atomic E-state index is 0.547. The number of methoxy groups -OCH3 is 1. The number of thioether (sulfide) groups is 1. The van der Waals surface area contributed by atoms with Gasteiger partial charge in [-0.3, -0.25) is 0 Å². The molecule has 0 saturated heterocycles. The Morgan fingerprint density at radius 2 is 1.90 bits per heavy atom. The molecule has 0 heterocycles. The summed E-state index contributed by atoms with van der Waals surface area (Å²) in [5, 5.41) is 0.547. The molecule has 0 aromatic heterocycles. The molecule has 5 heteroatoms. The number of nitrogens with zero attached hydrogens (tertiary/aromatic N) is 1. The second-order valence-electron chi connectivity index (χ2n) is 4.03. The number of ether oxygens (including phenoxy) is 1. The van der Waals surface area contributed by atoms with Crippen molar-refractivity contribution in [3.8, 4) is 5.75 Å². The normalized spacial score (nSPS) is 11.4. The predicted molar refractivity (Wildman–Crippen MR) is 89.7 cm³/mol. The molecule has 0 atom stereocenters. The highest BCUT2D eigenvalue weighted by Gasteiger charge is 2.01. The van der Waals surface area contributed by atoms with Crippen LogP contribution < -0.4 is 10.5 Å². The highest BCUT2D eigenvalue weighted by atomic mass is 79.9. The molecule has 0 unspecified atom stereocenters. The molecule has 0 aliphatic rings. The van der Waals surface area contributed by atoms with Gasteiger partial charge >= 0.3 is 0 Å². The van der Waals surface area contributed by atoms with Crippen molar-refractivity contribution in [3.05, 3.63) is 58.6 Å². The summed E-state index contributed by atoms with van der Waals surface area (Å²) in [4.78, 5) is 4.37. The van der Waals surface area contributed by atoms with Crippen LogP contribution in [0.15, 0.2) is 58.0 Å². The second-order valence-corrected chi connectivity index (χ2v) is 5.88. The molecule has 2 aromatic rings. The topological polar surface area (TPSA) is 47.6 Å². The lowest BCUT2D eigenvalue weighted by Gasteiger charge is -2.04. The van der Waals surface area contributed by atoms with Gasteiger partial charge in [0.05, 0.1) is 12.8 Å². The van der Waals surface area contributed by atoms with E-state index in [0.29, 0.717) is 5.17 Å². The van der Waals surface area contributed by atoms with Crippen molar-refractivity contribution >= 4 is 38.5 Å². The van der Waals surface area contributed by atoms with Crippen LogP contribution in [0.4, 0.5) is 5.69 Å². The van der Waals surface area contributed by atoms with E-state index in [1.807, 2.05) is 42.5 Å². The Labute approximate surface area is 131 Å². The van der Waals surface area contributed by atoms with Crippen LogP contribution in [0.5, 0.6) is 5.75 Å². The van der Waals surface area contributed by atoms with Gasteiger partial charge in [0.15, 0.2) is 5.17 Å². The standard InChI is InChI=1S/C15H15BrN2OS/c1-19-13-8-6-12(7-9-13)18-15(17)20-10-11-4-2-3-5-14(11)16/h2-9H,10H2,1H3,(H2,17,18). The maximum absolute atomic E-state index is 5.94. The molecule has 2 N–H and O–H groups in total. The molecule has 0 radical (unpaired) electrons. The fraction of sp³-hybridized carbons (Fsp3) is 0.133. The van der Waals surface area contributed by atoms with Gasteiger partial charge < -0.3 is 10.5 Å². The fourth-order valence-corrected chi connectivity index (χ4v) is 2.92. The molecule has 0 fully saturated rings. The van der Waals surface area contributed by atoms with E-state index >= 15 is 0 Å². The molecule has 0 aliphatic carbocycles. The zero-order valence-corrected chi connectivity index (χ0v) is 13.4. The molecular formula is C15H15BrN2OS. The largest absolute Gasteiger partial charge is 0.497 e. The Balaban J connectivity index is 1.98. The molecule has 0 bridgehead atoms. The van der Waals surface area contributed by atoms with E-state index in [1.54, 1.807) is 7.11 Å². The summed E-state index contributed by atoms with van der Waals surface area (Å²) in [7, 11) is 1.64. The van der Waals surface area contributed by atoms with Crippen molar-refractivity contribution in [3.63, 3.8) is 0 Å². The lowest BCUT2D eigenvalue weighted by molar-refractivity contribution is 0.415. The molecular weight excluding hydrogens is 336 g/mol. The van der Waals surface area contributed by atoms with Crippen LogP contribution in [0.25, 0.3) is 0 Å². The molecule has 2 rings (SSSR count). The maximum atomic E-state index is 5.94. The second kappa shape index (κ2) is 7.36. The fourth-order valence-electron chi connectivity index (χ4n) is 1.58. The third-order valence-corrected chi connectivity index (χ3v) is 4.26. The average molecular weight is 351 g/mol. The molecule has 2 aromatic carbocycles. The smallest absolute Gasteiger partial charge is 0.159 e. The van der Waals surface area contributed by atoms with E-state index in [9.17, 15) is 0 Å². The summed E-state index contributed by atoms with van der Waals surface area (Å²) in [6.07, 6.45) is 0. The van der Waals surface area contributed by atoms with E-state index in [1.165, 1.54) is 17.3 Å². The minimum Gasteiger partial charge on any atom is -0.497 e. The molecule has 0 aliphatic heterocycles. The quantitative estimate of drug-likeness (QED) is 0.659.